The molecule has 2 N–H and O–H groups in total. The molecule has 0 radical (unpaired) electrons. The van der Waals surface area contributed by atoms with E-state index >= 15 is 0 Å². The Morgan fingerprint density at radius 3 is 2.24 bits per heavy atom. The molecule has 0 spiro atoms. The topological polar surface area (TPSA) is 35.2 Å². The van der Waals surface area contributed by atoms with Gasteiger partial charge in [0.15, 0.2) is 0 Å². The molecule has 0 aliphatic heterocycles. The highest BCUT2D eigenvalue weighted by molar-refractivity contribution is 5.45. The van der Waals surface area contributed by atoms with E-state index in [4.69, 9.17) is 10.5 Å². The molecule has 0 bridgehead atoms. The maximum absolute atomic E-state index is 14.0. The predicted molar refractivity (Wildman–Crippen MR) is 84.2 cm³/mol. The summed E-state index contributed by atoms with van der Waals surface area (Å²) in [4.78, 5) is 0. The number of ether oxygens (including phenoxy) is 1. The van der Waals surface area contributed by atoms with Crippen molar-refractivity contribution in [2.45, 2.75) is 39.2 Å². The molecule has 2 aromatic rings. The lowest BCUT2D eigenvalue weighted by Crippen LogP contribution is -2.13. The number of halogens is 1. The maximum Gasteiger partial charge on any atom is 0.135 e. The number of para-hydroxylation sites is 1. The van der Waals surface area contributed by atoms with Crippen LogP contribution in [0.15, 0.2) is 42.5 Å². The quantitative estimate of drug-likeness (QED) is 0.868. The van der Waals surface area contributed by atoms with Crippen LogP contribution in [0, 0.1) is 5.82 Å². The zero-order valence-electron chi connectivity index (χ0n) is 13.0. The average molecular weight is 287 g/mol. The molecule has 0 unspecified atom stereocenters. The smallest absolute Gasteiger partial charge is 0.135 e. The second-order valence-corrected chi connectivity index (χ2v) is 6.29. The molecule has 2 nitrogen and oxygen atoms in total. The molecule has 2 rings (SSSR count). The Morgan fingerprint density at radius 1 is 1.00 bits per heavy atom. The monoisotopic (exact) mass is 287 g/mol. The lowest BCUT2D eigenvalue weighted by molar-refractivity contribution is 0.440. The van der Waals surface area contributed by atoms with Crippen molar-refractivity contribution in [1.29, 1.82) is 0 Å². The Balaban J connectivity index is 2.47. The van der Waals surface area contributed by atoms with Crippen LogP contribution in [-0.2, 0) is 5.41 Å². The average Bonchev–Trinajstić information content (AvgIpc) is 2.37. The maximum atomic E-state index is 14.0. The molecule has 0 aromatic heterocycles. The van der Waals surface area contributed by atoms with E-state index < -0.39 is 6.04 Å². The summed E-state index contributed by atoms with van der Waals surface area (Å²) in [7, 11) is 0. The minimum atomic E-state index is -0.428. The summed E-state index contributed by atoms with van der Waals surface area (Å²) < 4.78 is 20.0. The zero-order valence-corrected chi connectivity index (χ0v) is 13.0. The summed E-state index contributed by atoms with van der Waals surface area (Å²) in [5, 5.41) is 0. The van der Waals surface area contributed by atoms with E-state index in [1.807, 2.05) is 24.3 Å². The lowest BCUT2D eigenvalue weighted by Gasteiger charge is -2.23. The SMILES string of the molecule is C[C@H](N)c1c(F)cccc1Oc1ccccc1C(C)(C)C. The predicted octanol–water partition coefficient (Wildman–Crippen LogP) is 4.94. The molecular weight excluding hydrogens is 265 g/mol. The minimum Gasteiger partial charge on any atom is -0.457 e. The Bertz CT molecular complexity index is 629. The van der Waals surface area contributed by atoms with Gasteiger partial charge in [0.2, 0.25) is 0 Å². The van der Waals surface area contributed by atoms with Gasteiger partial charge in [0.05, 0.1) is 0 Å². The third-order valence-electron chi connectivity index (χ3n) is 3.38. The standard InChI is InChI=1S/C18H22FNO/c1-12(20)17-14(19)9-7-11-16(17)21-15-10-6-5-8-13(15)18(2,3)4/h5-12H,20H2,1-4H3/t12-/m0/s1. The first-order chi connectivity index (χ1) is 9.80. The van der Waals surface area contributed by atoms with Crippen molar-refractivity contribution in [3.63, 3.8) is 0 Å². The highest BCUT2D eigenvalue weighted by Gasteiger charge is 2.20. The number of hydrogen-bond donors (Lipinski definition) is 1. The van der Waals surface area contributed by atoms with E-state index in [-0.39, 0.29) is 11.2 Å². The Morgan fingerprint density at radius 2 is 1.62 bits per heavy atom. The van der Waals surface area contributed by atoms with Crippen molar-refractivity contribution in [3.8, 4) is 11.5 Å². The third-order valence-corrected chi connectivity index (χ3v) is 3.38. The summed E-state index contributed by atoms with van der Waals surface area (Å²) >= 11 is 0. The zero-order chi connectivity index (χ0) is 15.6. The van der Waals surface area contributed by atoms with Gasteiger partial charge < -0.3 is 10.5 Å². The van der Waals surface area contributed by atoms with Crippen LogP contribution >= 0.6 is 0 Å². The molecule has 112 valence electrons. The van der Waals surface area contributed by atoms with Crippen LogP contribution in [-0.4, -0.2) is 0 Å². The van der Waals surface area contributed by atoms with Crippen LogP contribution in [0.5, 0.6) is 11.5 Å². The lowest BCUT2D eigenvalue weighted by atomic mass is 9.86. The van der Waals surface area contributed by atoms with Crippen molar-refractivity contribution >= 4 is 0 Å². The first-order valence-corrected chi connectivity index (χ1v) is 7.12. The molecule has 21 heavy (non-hydrogen) atoms. The van der Waals surface area contributed by atoms with E-state index in [1.54, 1.807) is 19.1 Å². The van der Waals surface area contributed by atoms with Crippen LogP contribution in [0.25, 0.3) is 0 Å². The first-order valence-electron chi connectivity index (χ1n) is 7.12. The molecule has 2 aromatic carbocycles. The number of rotatable bonds is 3. The first kappa shape index (κ1) is 15.5. The molecule has 1 atom stereocenters. The van der Waals surface area contributed by atoms with Crippen LogP contribution in [0.1, 0.15) is 44.9 Å². The fraction of sp³-hybridized carbons (Fsp3) is 0.333. The van der Waals surface area contributed by atoms with Gasteiger partial charge in [-0.1, -0.05) is 45.0 Å². The van der Waals surface area contributed by atoms with E-state index in [1.165, 1.54) is 6.07 Å². The molecule has 0 heterocycles. The van der Waals surface area contributed by atoms with E-state index in [2.05, 4.69) is 20.8 Å². The van der Waals surface area contributed by atoms with Crippen LogP contribution in [0.4, 0.5) is 4.39 Å². The molecule has 0 fully saturated rings. The molecule has 0 amide bonds. The molecule has 0 saturated carbocycles. The number of nitrogens with two attached hydrogens (primary N) is 1. The number of hydrogen-bond acceptors (Lipinski definition) is 2. The van der Waals surface area contributed by atoms with E-state index in [0.717, 1.165) is 11.3 Å². The summed E-state index contributed by atoms with van der Waals surface area (Å²) in [6.07, 6.45) is 0. The third kappa shape index (κ3) is 3.42. The summed E-state index contributed by atoms with van der Waals surface area (Å²) in [6, 6.07) is 12.2. The van der Waals surface area contributed by atoms with Gasteiger partial charge in [-0.3, -0.25) is 0 Å². The van der Waals surface area contributed by atoms with Gasteiger partial charge in [-0.05, 0) is 30.5 Å². The fourth-order valence-electron chi connectivity index (χ4n) is 2.34. The molecule has 0 saturated heterocycles. The Kier molecular flexibility index (Phi) is 4.33. The minimum absolute atomic E-state index is 0.0571. The van der Waals surface area contributed by atoms with E-state index in [9.17, 15) is 4.39 Å². The van der Waals surface area contributed by atoms with Crippen molar-refractivity contribution in [1.82, 2.24) is 0 Å². The van der Waals surface area contributed by atoms with Gasteiger partial charge in [0.25, 0.3) is 0 Å². The van der Waals surface area contributed by atoms with Crippen molar-refractivity contribution < 1.29 is 9.13 Å². The highest BCUT2D eigenvalue weighted by Crippen LogP contribution is 2.36. The van der Waals surface area contributed by atoms with Crippen LogP contribution in [0.3, 0.4) is 0 Å². The van der Waals surface area contributed by atoms with Crippen LogP contribution in [0.2, 0.25) is 0 Å². The van der Waals surface area contributed by atoms with Gasteiger partial charge in [0.1, 0.15) is 17.3 Å². The van der Waals surface area contributed by atoms with E-state index in [0.29, 0.717) is 11.3 Å². The second-order valence-electron chi connectivity index (χ2n) is 6.29. The second kappa shape index (κ2) is 5.86. The van der Waals surface area contributed by atoms with Crippen LogP contribution < -0.4 is 10.5 Å². The van der Waals surface area contributed by atoms with Gasteiger partial charge in [-0.25, -0.2) is 4.39 Å². The van der Waals surface area contributed by atoms with Gasteiger partial charge >= 0.3 is 0 Å². The molecule has 3 heteroatoms. The highest BCUT2D eigenvalue weighted by atomic mass is 19.1. The largest absolute Gasteiger partial charge is 0.457 e. The molecule has 0 aliphatic carbocycles. The molecule has 0 aliphatic rings. The normalized spacial score (nSPS) is 13.0. The van der Waals surface area contributed by atoms with Gasteiger partial charge in [0, 0.05) is 17.2 Å². The fourth-order valence-corrected chi connectivity index (χ4v) is 2.34. The summed E-state index contributed by atoms with van der Waals surface area (Å²) in [6.45, 7) is 8.11. The Labute approximate surface area is 125 Å². The van der Waals surface area contributed by atoms with Gasteiger partial charge in [-0.15, -0.1) is 0 Å². The summed E-state index contributed by atoms with van der Waals surface area (Å²) in [5.41, 5.74) is 7.29. The summed E-state index contributed by atoms with van der Waals surface area (Å²) in [5.74, 6) is 0.870. The van der Waals surface area contributed by atoms with Crippen molar-refractivity contribution in [3.05, 3.63) is 59.4 Å². The van der Waals surface area contributed by atoms with Gasteiger partial charge in [-0.2, -0.15) is 0 Å². The van der Waals surface area contributed by atoms with Crippen molar-refractivity contribution in [2.75, 3.05) is 0 Å². The Hall–Kier alpha value is -1.87. The number of benzene rings is 2. The van der Waals surface area contributed by atoms with Crippen molar-refractivity contribution in [2.24, 2.45) is 5.73 Å². The molecular formula is C18H22FNO.